The molecule has 0 heterocycles. The van der Waals surface area contributed by atoms with Gasteiger partial charge in [-0.05, 0) is 23.8 Å². The fourth-order valence-electron chi connectivity index (χ4n) is 2.32. The van der Waals surface area contributed by atoms with Gasteiger partial charge in [0.25, 0.3) is 5.69 Å². The molecule has 0 saturated carbocycles. The Morgan fingerprint density at radius 1 is 1.22 bits per heavy atom. The van der Waals surface area contributed by atoms with Gasteiger partial charge in [-0.2, -0.15) is 0 Å². The number of likely N-dealkylation sites (N-methyl/N-ethyl adjacent to an activating group) is 1. The standard InChI is InChI=1S/C18H18ClN3O5/c1-21(18(24)9-12-3-6-14(7-4-12)22(25)26)11-17(23)20-15-10-13(19)5-8-16(15)27-2/h3-8,10H,9,11H2,1-2H3,(H,20,23). The highest BCUT2D eigenvalue weighted by Crippen LogP contribution is 2.27. The van der Waals surface area contributed by atoms with Gasteiger partial charge < -0.3 is 15.0 Å². The number of hydrogen-bond donors (Lipinski definition) is 1. The molecular weight excluding hydrogens is 374 g/mol. The van der Waals surface area contributed by atoms with E-state index in [1.54, 1.807) is 18.2 Å². The van der Waals surface area contributed by atoms with E-state index in [9.17, 15) is 19.7 Å². The van der Waals surface area contributed by atoms with Crippen molar-refractivity contribution in [3.63, 3.8) is 0 Å². The van der Waals surface area contributed by atoms with Crippen LogP contribution in [0.15, 0.2) is 42.5 Å². The third-order valence-corrected chi connectivity index (χ3v) is 3.98. The number of nitrogens with one attached hydrogen (secondary N) is 1. The van der Waals surface area contributed by atoms with E-state index in [2.05, 4.69) is 5.32 Å². The van der Waals surface area contributed by atoms with Gasteiger partial charge in [0.1, 0.15) is 5.75 Å². The summed E-state index contributed by atoms with van der Waals surface area (Å²) in [5.41, 5.74) is 0.981. The molecule has 0 spiro atoms. The first-order valence-electron chi connectivity index (χ1n) is 7.91. The molecule has 142 valence electrons. The van der Waals surface area contributed by atoms with Crippen LogP contribution in [0.3, 0.4) is 0 Å². The molecule has 0 aliphatic carbocycles. The van der Waals surface area contributed by atoms with Gasteiger partial charge in [0, 0.05) is 24.2 Å². The molecule has 2 aromatic carbocycles. The summed E-state index contributed by atoms with van der Waals surface area (Å²) in [6, 6.07) is 10.5. The number of carbonyl (C=O) groups is 2. The van der Waals surface area contributed by atoms with Crippen molar-refractivity contribution < 1.29 is 19.2 Å². The first-order chi connectivity index (χ1) is 12.8. The molecule has 2 amide bonds. The number of hydrogen-bond acceptors (Lipinski definition) is 5. The Morgan fingerprint density at radius 3 is 2.48 bits per heavy atom. The summed E-state index contributed by atoms with van der Waals surface area (Å²) in [4.78, 5) is 35.9. The normalized spacial score (nSPS) is 10.2. The van der Waals surface area contributed by atoms with E-state index < -0.39 is 10.8 Å². The quantitative estimate of drug-likeness (QED) is 0.577. The molecule has 1 N–H and O–H groups in total. The predicted octanol–water partition coefficient (Wildman–Crippen LogP) is 2.90. The van der Waals surface area contributed by atoms with E-state index in [-0.39, 0.29) is 24.6 Å². The van der Waals surface area contributed by atoms with Crippen LogP contribution in [0.5, 0.6) is 5.75 Å². The highest BCUT2D eigenvalue weighted by Gasteiger charge is 2.16. The van der Waals surface area contributed by atoms with Crippen LogP contribution in [-0.4, -0.2) is 42.3 Å². The zero-order valence-electron chi connectivity index (χ0n) is 14.8. The minimum absolute atomic E-state index is 0.0300. The van der Waals surface area contributed by atoms with Crippen LogP contribution in [0.4, 0.5) is 11.4 Å². The van der Waals surface area contributed by atoms with E-state index in [1.807, 2.05) is 0 Å². The van der Waals surface area contributed by atoms with Crippen molar-refractivity contribution >= 4 is 34.8 Å². The Morgan fingerprint density at radius 2 is 1.89 bits per heavy atom. The van der Waals surface area contributed by atoms with Gasteiger partial charge in [-0.25, -0.2) is 0 Å². The van der Waals surface area contributed by atoms with Crippen molar-refractivity contribution in [1.82, 2.24) is 4.90 Å². The number of anilines is 1. The first kappa shape index (κ1) is 20.2. The van der Waals surface area contributed by atoms with Crippen molar-refractivity contribution in [3.05, 3.63) is 63.2 Å². The lowest BCUT2D eigenvalue weighted by Crippen LogP contribution is -2.35. The van der Waals surface area contributed by atoms with Gasteiger partial charge in [0.05, 0.1) is 30.7 Å². The summed E-state index contributed by atoms with van der Waals surface area (Å²) >= 11 is 5.92. The second-order valence-corrected chi connectivity index (χ2v) is 6.18. The van der Waals surface area contributed by atoms with Crippen molar-refractivity contribution in [2.24, 2.45) is 0 Å². The molecule has 8 nitrogen and oxygen atoms in total. The zero-order chi connectivity index (χ0) is 20.0. The SMILES string of the molecule is COc1ccc(Cl)cc1NC(=O)CN(C)C(=O)Cc1ccc([N+](=O)[O-])cc1. The van der Waals surface area contributed by atoms with E-state index >= 15 is 0 Å². The van der Waals surface area contributed by atoms with Crippen molar-refractivity contribution in [1.29, 1.82) is 0 Å². The smallest absolute Gasteiger partial charge is 0.269 e. The molecular formula is C18H18ClN3O5. The fourth-order valence-corrected chi connectivity index (χ4v) is 2.49. The maximum atomic E-state index is 12.3. The average Bonchev–Trinajstić information content (AvgIpc) is 2.62. The van der Waals surface area contributed by atoms with Gasteiger partial charge in [0.15, 0.2) is 0 Å². The molecule has 0 aliphatic heterocycles. The molecule has 0 fully saturated rings. The maximum Gasteiger partial charge on any atom is 0.269 e. The van der Waals surface area contributed by atoms with E-state index in [4.69, 9.17) is 16.3 Å². The van der Waals surface area contributed by atoms with Gasteiger partial charge in [-0.3, -0.25) is 19.7 Å². The average molecular weight is 392 g/mol. The minimum Gasteiger partial charge on any atom is -0.495 e. The van der Waals surface area contributed by atoms with Crippen LogP contribution < -0.4 is 10.1 Å². The molecule has 0 saturated heterocycles. The topological polar surface area (TPSA) is 102 Å². The Bertz CT molecular complexity index is 855. The number of benzene rings is 2. The summed E-state index contributed by atoms with van der Waals surface area (Å²) in [5, 5.41) is 13.7. The van der Waals surface area contributed by atoms with Crippen molar-refractivity contribution in [2.75, 3.05) is 26.0 Å². The molecule has 0 radical (unpaired) electrons. The van der Waals surface area contributed by atoms with E-state index in [0.29, 0.717) is 22.0 Å². The largest absolute Gasteiger partial charge is 0.495 e. The second kappa shape index (κ2) is 9.00. The number of methoxy groups -OCH3 is 1. The predicted molar refractivity (Wildman–Crippen MR) is 101 cm³/mol. The lowest BCUT2D eigenvalue weighted by molar-refractivity contribution is -0.384. The van der Waals surface area contributed by atoms with Gasteiger partial charge >= 0.3 is 0 Å². The summed E-state index contributed by atoms with van der Waals surface area (Å²) in [6.45, 7) is -0.165. The van der Waals surface area contributed by atoms with Crippen LogP contribution in [0.1, 0.15) is 5.56 Å². The van der Waals surface area contributed by atoms with Crippen LogP contribution in [0.2, 0.25) is 5.02 Å². The zero-order valence-corrected chi connectivity index (χ0v) is 15.5. The lowest BCUT2D eigenvalue weighted by atomic mass is 10.1. The molecule has 2 aromatic rings. The molecule has 0 unspecified atom stereocenters. The number of nitro benzene ring substituents is 1. The number of carbonyl (C=O) groups excluding carboxylic acids is 2. The van der Waals surface area contributed by atoms with Gasteiger partial charge in [-0.15, -0.1) is 0 Å². The van der Waals surface area contributed by atoms with Gasteiger partial charge in [-0.1, -0.05) is 23.7 Å². The number of rotatable bonds is 7. The molecule has 27 heavy (non-hydrogen) atoms. The highest BCUT2D eigenvalue weighted by molar-refractivity contribution is 6.31. The van der Waals surface area contributed by atoms with E-state index in [1.165, 1.54) is 43.3 Å². The molecule has 0 bridgehead atoms. The highest BCUT2D eigenvalue weighted by atomic mass is 35.5. The lowest BCUT2D eigenvalue weighted by Gasteiger charge is -2.17. The molecule has 9 heteroatoms. The third kappa shape index (κ3) is 5.68. The summed E-state index contributed by atoms with van der Waals surface area (Å²) in [6.07, 6.45) is 0.0300. The Labute approximate surface area is 160 Å². The van der Waals surface area contributed by atoms with Crippen LogP contribution >= 0.6 is 11.6 Å². The number of non-ortho nitro benzene ring substituents is 1. The molecule has 0 aliphatic rings. The van der Waals surface area contributed by atoms with Gasteiger partial charge in [0.2, 0.25) is 11.8 Å². The summed E-state index contributed by atoms with van der Waals surface area (Å²) in [5.74, 6) is -0.250. The van der Waals surface area contributed by atoms with Crippen LogP contribution in [0.25, 0.3) is 0 Å². The Kier molecular flexibility index (Phi) is 6.73. The summed E-state index contributed by atoms with van der Waals surface area (Å²) < 4.78 is 5.16. The number of nitrogens with zero attached hydrogens (tertiary/aromatic N) is 2. The maximum absolute atomic E-state index is 12.3. The fraction of sp³-hybridized carbons (Fsp3) is 0.222. The van der Waals surface area contributed by atoms with Crippen molar-refractivity contribution in [3.8, 4) is 5.75 Å². The number of ether oxygens (including phenoxy) is 1. The van der Waals surface area contributed by atoms with Crippen molar-refractivity contribution in [2.45, 2.75) is 6.42 Å². The molecule has 0 atom stereocenters. The Hall–Kier alpha value is -3.13. The van der Waals surface area contributed by atoms with Crippen LogP contribution in [-0.2, 0) is 16.0 Å². The monoisotopic (exact) mass is 391 g/mol. The Balaban J connectivity index is 1.94. The number of amides is 2. The number of halogens is 1. The second-order valence-electron chi connectivity index (χ2n) is 5.74. The van der Waals surface area contributed by atoms with Crippen LogP contribution in [0, 0.1) is 10.1 Å². The molecule has 2 rings (SSSR count). The minimum atomic E-state index is -0.508. The number of nitro groups is 1. The first-order valence-corrected chi connectivity index (χ1v) is 8.28. The third-order valence-electron chi connectivity index (χ3n) is 3.74. The summed E-state index contributed by atoms with van der Waals surface area (Å²) in [7, 11) is 2.97. The van der Waals surface area contributed by atoms with E-state index in [0.717, 1.165) is 0 Å². The molecule has 0 aromatic heterocycles.